The molecule has 6 nitrogen and oxygen atoms in total. The zero-order chi connectivity index (χ0) is 29.1. The molecule has 1 saturated heterocycles. The second-order valence-corrected chi connectivity index (χ2v) is 11.7. The van der Waals surface area contributed by atoms with E-state index in [0.717, 1.165) is 58.3 Å². The second-order valence-electron chi connectivity index (χ2n) is 11.7. The molecule has 3 N–H and O–H groups in total. The molecule has 1 aliphatic heterocycles. The summed E-state index contributed by atoms with van der Waals surface area (Å²) in [5.41, 5.74) is 5.18. The Labute approximate surface area is 250 Å². The van der Waals surface area contributed by atoms with E-state index in [0.29, 0.717) is 6.61 Å². The van der Waals surface area contributed by atoms with Gasteiger partial charge in [0.25, 0.3) is 0 Å². The van der Waals surface area contributed by atoms with Gasteiger partial charge in [-0.3, -0.25) is 4.79 Å². The van der Waals surface area contributed by atoms with Crippen LogP contribution in [0.2, 0.25) is 0 Å². The fourth-order valence-corrected chi connectivity index (χ4v) is 5.94. The molecule has 0 radical (unpaired) electrons. The number of unbranched alkanes of at least 4 members (excludes halogenated alkanes) is 2. The van der Waals surface area contributed by atoms with Crippen LogP contribution in [0, 0.1) is 0 Å². The lowest BCUT2D eigenvalue weighted by atomic mass is 10.0. The molecule has 0 saturated carbocycles. The van der Waals surface area contributed by atoms with Gasteiger partial charge in [0.1, 0.15) is 11.5 Å². The average Bonchev–Trinajstić information content (AvgIpc) is 3.36. The number of piperidine rings is 1. The first-order chi connectivity index (χ1) is 20.5. The van der Waals surface area contributed by atoms with Gasteiger partial charge in [-0.1, -0.05) is 48.9 Å². The molecule has 1 atom stereocenters. The van der Waals surface area contributed by atoms with Crippen LogP contribution in [0.1, 0.15) is 63.0 Å². The number of hydrogen-bond donors (Lipinski definition) is 3. The van der Waals surface area contributed by atoms with E-state index in [9.17, 15) is 9.90 Å². The van der Waals surface area contributed by atoms with E-state index < -0.39 is 0 Å². The number of aromatic nitrogens is 1. The number of aryl methyl sites for hydroxylation is 1. The standard InChI is InChI=1S/C36H45N3O3/c1-27(13-14-28-15-17-30(40)18-16-28)37-35(41)26-33-32-25-31(42-24-10-4-9-23-39-21-7-3-8-22-39)19-20-34(32)38-36(33)29-11-5-2-6-12-29/h2,5-6,11-12,15-20,25,27,38,40H,3-4,7-10,13-14,21-24,26H2,1H3,(H,37,41). The smallest absolute Gasteiger partial charge is 0.224 e. The number of phenols is 1. The number of carbonyl (C=O) groups excluding carboxylic acids is 1. The summed E-state index contributed by atoms with van der Waals surface area (Å²) in [5.74, 6) is 1.12. The first-order valence-corrected chi connectivity index (χ1v) is 15.7. The highest BCUT2D eigenvalue weighted by Gasteiger charge is 2.18. The summed E-state index contributed by atoms with van der Waals surface area (Å²) in [6, 6.07) is 23.7. The average molecular weight is 568 g/mol. The number of nitrogens with one attached hydrogen (secondary N) is 2. The van der Waals surface area contributed by atoms with E-state index >= 15 is 0 Å². The van der Waals surface area contributed by atoms with Gasteiger partial charge in [-0.25, -0.2) is 0 Å². The van der Waals surface area contributed by atoms with Crippen LogP contribution in [-0.4, -0.2) is 53.2 Å². The molecule has 3 aromatic carbocycles. The highest BCUT2D eigenvalue weighted by atomic mass is 16.5. The molecule has 0 bridgehead atoms. The summed E-state index contributed by atoms with van der Waals surface area (Å²) < 4.78 is 6.18. The third-order valence-electron chi connectivity index (χ3n) is 8.32. The van der Waals surface area contributed by atoms with Crippen molar-refractivity contribution >= 4 is 16.8 Å². The van der Waals surface area contributed by atoms with Gasteiger partial charge in [0.05, 0.1) is 18.7 Å². The molecule has 1 aliphatic rings. The van der Waals surface area contributed by atoms with Crippen LogP contribution < -0.4 is 10.1 Å². The normalized spacial score (nSPS) is 14.6. The van der Waals surface area contributed by atoms with Crippen molar-refractivity contribution in [2.45, 2.75) is 70.8 Å². The highest BCUT2D eigenvalue weighted by Crippen LogP contribution is 2.33. The monoisotopic (exact) mass is 567 g/mol. The quantitative estimate of drug-likeness (QED) is 0.140. The molecule has 2 heterocycles. The van der Waals surface area contributed by atoms with Crippen LogP contribution in [0.4, 0.5) is 0 Å². The Morgan fingerprint density at radius 2 is 1.76 bits per heavy atom. The van der Waals surface area contributed by atoms with Crippen LogP contribution in [0.3, 0.4) is 0 Å². The Morgan fingerprint density at radius 3 is 2.55 bits per heavy atom. The van der Waals surface area contributed by atoms with Crippen LogP contribution >= 0.6 is 0 Å². The zero-order valence-corrected chi connectivity index (χ0v) is 24.9. The maximum absolute atomic E-state index is 13.3. The van der Waals surface area contributed by atoms with Crippen molar-refractivity contribution in [2.24, 2.45) is 0 Å². The van der Waals surface area contributed by atoms with Crippen LogP contribution in [0.25, 0.3) is 22.2 Å². The molecule has 1 aromatic heterocycles. The lowest BCUT2D eigenvalue weighted by Gasteiger charge is -2.26. The van der Waals surface area contributed by atoms with Gasteiger partial charge in [0.2, 0.25) is 5.91 Å². The molecule has 42 heavy (non-hydrogen) atoms. The Balaban J connectivity index is 1.21. The number of H-pyrrole nitrogens is 1. The number of nitrogens with zero attached hydrogens (tertiary/aromatic N) is 1. The largest absolute Gasteiger partial charge is 0.508 e. The number of phenolic OH excluding ortho intramolecular Hbond substituents is 1. The molecule has 1 amide bonds. The van der Waals surface area contributed by atoms with Crippen molar-refractivity contribution in [3.05, 3.63) is 83.9 Å². The second kappa shape index (κ2) is 14.9. The molecule has 0 aliphatic carbocycles. The molecular formula is C36H45N3O3. The maximum Gasteiger partial charge on any atom is 0.224 e. The van der Waals surface area contributed by atoms with Gasteiger partial charge in [0, 0.05) is 16.9 Å². The Hall–Kier alpha value is -3.77. The van der Waals surface area contributed by atoms with Gasteiger partial charge in [0.15, 0.2) is 0 Å². The fourth-order valence-electron chi connectivity index (χ4n) is 5.94. The minimum atomic E-state index is 0.00585. The van der Waals surface area contributed by atoms with E-state index in [1.807, 2.05) is 43.3 Å². The Morgan fingerprint density at radius 1 is 0.976 bits per heavy atom. The number of ether oxygens (including phenoxy) is 1. The van der Waals surface area contributed by atoms with Crippen molar-refractivity contribution in [1.29, 1.82) is 0 Å². The number of aromatic amines is 1. The number of likely N-dealkylation sites (tertiary alicyclic amines) is 1. The van der Waals surface area contributed by atoms with Crippen LogP contribution in [0.15, 0.2) is 72.8 Å². The number of benzene rings is 3. The maximum atomic E-state index is 13.3. The summed E-state index contributed by atoms with van der Waals surface area (Å²) in [6.45, 7) is 6.48. The van der Waals surface area contributed by atoms with Crippen molar-refractivity contribution in [3.63, 3.8) is 0 Å². The molecule has 1 fully saturated rings. The van der Waals surface area contributed by atoms with Crippen LogP contribution in [-0.2, 0) is 17.6 Å². The fraction of sp³-hybridized carbons (Fsp3) is 0.417. The third-order valence-corrected chi connectivity index (χ3v) is 8.32. The summed E-state index contributed by atoms with van der Waals surface area (Å²) >= 11 is 0. The summed E-state index contributed by atoms with van der Waals surface area (Å²) in [6.07, 6.45) is 9.48. The van der Waals surface area contributed by atoms with E-state index in [4.69, 9.17) is 4.74 Å². The minimum Gasteiger partial charge on any atom is -0.508 e. The molecule has 6 heteroatoms. The highest BCUT2D eigenvalue weighted by molar-refractivity contribution is 5.95. The van der Waals surface area contributed by atoms with Crippen molar-refractivity contribution in [2.75, 3.05) is 26.2 Å². The summed E-state index contributed by atoms with van der Waals surface area (Å²) in [4.78, 5) is 19.5. The minimum absolute atomic E-state index is 0.00585. The van der Waals surface area contributed by atoms with Gasteiger partial charge in [-0.05, 0) is 119 Å². The predicted octanol–water partition coefficient (Wildman–Crippen LogP) is 7.26. The zero-order valence-electron chi connectivity index (χ0n) is 24.9. The van der Waals surface area contributed by atoms with Gasteiger partial charge in [-0.15, -0.1) is 0 Å². The van der Waals surface area contributed by atoms with Crippen molar-refractivity contribution in [3.8, 4) is 22.8 Å². The SMILES string of the molecule is CC(CCc1ccc(O)cc1)NC(=O)Cc1c(-c2ccccc2)[nH]c2ccc(OCCCCCN3CCCCC3)cc12. The molecule has 5 rings (SSSR count). The first-order valence-electron chi connectivity index (χ1n) is 15.7. The number of hydrogen-bond acceptors (Lipinski definition) is 4. The lowest BCUT2D eigenvalue weighted by Crippen LogP contribution is -2.34. The van der Waals surface area contributed by atoms with E-state index in [1.165, 1.54) is 51.7 Å². The van der Waals surface area contributed by atoms with Gasteiger partial charge >= 0.3 is 0 Å². The topological polar surface area (TPSA) is 77.6 Å². The van der Waals surface area contributed by atoms with Crippen molar-refractivity contribution in [1.82, 2.24) is 15.2 Å². The number of rotatable bonds is 14. The van der Waals surface area contributed by atoms with Gasteiger partial charge in [-0.2, -0.15) is 0 Å². The molecule has 222 valence electrons. The molecule has 1 unspecified atom stereocenters. The Kier molecular flexibility index (Phi) is 10.6. The number of aromatic hydroxyl groups is 1. The van der Waals surface area contributed by atoms with E-state index in [1.54, 1.807) is 12.1 Å². The summed E-state index contributed by atoms with van der Waals surface area (Å²) in [5, 5.41) is 13.7. The number of carbonyl (C=O) groups is 1. The summed E-state index contributed by atoms with van der Waals surface area (Å²) in [7, 11) is 0. The Bertz CT molecular complexity index is 1410. The number of fused-ring (bicyclic) bond motifs is 1. The van der Waals surface area contributed by atoms with Crippen LogP contribution in [0.5, 0.6) is 11.5 Å². The molecular weight excluding hydrogens is 522 g/mol. The first kappa shape index (κ1) is 29.7. The van der Waals surface area contributed by atoms with Gasteiger partial charge < -0.3 is 25.0 Å². The van der Waals surface area contributed by atoms with E-state index in [2.05, 4.69) is 39.5 Å². The predicted molar refractivity (Wildman–Crippen MR) is 171 cm³/mol. The molecule has 4 aromatic rings. The lowest BCUT2D eigenvalue weighted by molar-refractivity contribution is -0.121. The van der Waals surface area contributed by atoms with E-state index in [-0.39, 0.29) is 24.1 Å². The van der Waals surface area contributed by atoms with Crippen molar-refractivity contribution < 1.29 is 14.6 Å². The third kappa shape index (κ3) is 8.39. The number of amides is 1. The molecule has 0 spiro atoms.